The molecular weight excluding hydrogens is 280 g/mol. The number of thiocarbonyl (C=S) groups is 1. The van der Waals surface area contributed by atoms with Gasteiger partial charge in [-0.2, -0.15) is 0 Å². The summed E-state index contributed by atoms with van der Waals surface area (Å²) in [6.07, 6.45) is 0.324. The first-order valence-corrected chi connectivity index (χ1v) is 7.12. The molecule has 3 N–H and O–H groups in total. The molecule has 0 aliphatic carbocycles. The van der Waals surface area contributed by atoms with Gasteiger partial charge in [-0.3, -0.25) is 4.79 Å². The van der Waals surface area contributed by atoms with Gasteiger partial charge in [-0.15, -0.1) is 0 Å². The molecule has 108 valence electrons. The van der Waals surface area contributed by atoms with Crippen molar-refractivity contribution in [3.63, 3.8) is 0 Å². The van der Waals surface area contributed by atoms with Gasteiger partial charge in [0.05, 0.1) is 6.42 Å². The van der Waals surface area contributed by atoms with E-state index < -0.39 is 0 Å². The van der Waals surface area contributed by atoms with Gasteiger partial charge in [-0.05, 0) is 36.6 Å². The topological polar surface area (TPSA) is 55.1 Å². The predicted octanol–water partition coefficient (Wildman–Crippen LogP) is 3.12. The smallest absolute Gasteiger partial charge is 0.228 e. The lowest BCUT2D eigenvalue weighted by Crippen LogP contribution is -2.15. The van der Waals surface area contributed by atoms with Gasteiger partial charge in [0.2, 0.25) is 5.91 Å². The van der Waals surface area contributed by atoms with Crippen LogP contribution < -0.4 is 11.1 Å². The fourth-order valence-corrected chi connectivity index (χ4v) is 2.17. The van der Waals surface area contributed by atoms with Crippen LogP contribution in [0.3, 0.4) is 0 Å². The summed E-state index contributed by atoms with van der Waals surface area (Å²) in [5.74, 6) is -0.0354. The molecule has 0 aromatic heterocycles. The number of anilines is 1. The highest BCUT2D eigenvalue weighted by molar-refractivity contribution is 7.80. The molecule has 2 rings (SSSR count). The largest absolute Gasteiger partial charge is 0.389 e. The quantitative estimate of drug-likeness (QED) is 0.853. The number of carbonyl (C=O) groups excluding carboxylic acids is 1. The summed E-state index contributed by atoms with van der Waals surface area (Å²) in [5, 5.41) is 2.95. The summed E-state index contributed by atoms with van der Waals surface area (Å²) < 4.78 is 0. The Morgan fingerprint density at radius 1 is 1.14 bits per heavy atom. The molecule has 0 saturated heterocycles. The third kappa shape index (κ3) is 4.13. The lowest BCUT2D eigenvalue weighted by molar-refractivity contribution is -0.115. The molecule has 1 amide bonds. The van der Waals surface area contributed by atoms with E-state index >= 15 is 0 Å². The van der Waals surface area contributed by atoms with Crippen LogP contribution in [-0.2, 0) is 11.2 Å². The Morgan fingerprint density at radius 2 is 1.81 bits per heavy atom. The molecule has 2 aromatic rings. The average molecular weight is 298 g/mol. The molecule has 0 atom stereocenters. The highest BCUT2D eigenvalue weighted by Crippen LogP contribution is 2.16. The molecule has 2 aromatic carbocycles. The first-order valence-electron chi connectivity index (χ1n) is 6.71. The van der Waals surface area contributed by atoms with E-state index in [0.717, 1.165) is 27.9 Å². The van der Waals surface area contributed by atoms with E-state index in [-0.39, 0.29) is 5.91 Å². The maximum atomic E-state index is 12.1. The molecule has 0 aliphatic rings. The zero-order valence-electron chi connectivity index (χ0n) is 12.1. The van der Waals surface area contributed by atoms with Crippen LogP contribution in [0, 0.1) is 13.8 Å². The predicted molar refractivity (Wildman–Crippen MR) is 90.6 cm³/mol. The molecule has 0 fully saturated rings. The van der Waals surface area contributed by atoms with Crippen molar-refractivity contribution in [2.24, 2.45) is 5.73 Å². The lowest BCUT2D eigenvalue weighted by Gasteiger charge is -2.09. The van der Waals surface area contributed by atoms with Gasteiger partial charge in [-0.25, -0.2) is 0 Å². The molecule has 0 bridgehead atoms. The van der Waals surface area contributed by atoms with Crippen molar-refractivity contribution in [3.05, 3.63) is 64.7 Å². The molecule has 0 radical (unpaired) electrons. The lowest BCUT2D eigenvalue weighted by atomic mass is 10.1. The monoisotopic (exact) mass is 298 g/mol. The maximum absolute atomic E-state index is 12.1. The second-order valence-electron chi connectivity index (χ2n) is 5.10. The molecule has 0 unspecified atom stereocenters. The van der Waals surface area contributed by atoms with E-state index in [1.165, 1.54) is 0 Å². The van der Waals surface area contributed by atoms with Crippen molar-refractivity contribution in [2.45, 2.75) is 20.3 Å². The van der Waals surface area contributed by atoms with Gasteiger partial charge in [0.25, 0.3) is 0 Å². The zero-order valence-corrected chi connectivity index (χ0v) is 13.0. The third-order valence-corrected chi connectivity index (χ3v) is 3.51. The second-order valence-corrected chi connectivity index (χ2v) is 5.54. The minimum atomic E-state index is -0.0354. The summed E-state index contributed by atoms with van der Waals surface area (Å²) in [6, 6.07) is 13.4. The number of rotatable bonds is 4. The summed E-state index contributed by atoms with van der Waals surface area (Å²) in [6.45, 7) is 3.98. The van der Waals surface area contributed by atoms with E-state index in [9.17, 15) is 4.79 Å². The Hall–Kier alpha value is -2.20. The van der Waals surface area contributed by atoms with Crippen molar-refractivity contribution in [1.29, 1.82) is 0 Å². The van der Waals surface area contributed by atoms with Crippen molar-refractivity contribution in [2.75, 3.05) is 5.32 Å². The summed E-state index contributed by atoms with van der Waals surface area (Å²) in [4.78, 5) is 12.5. The van der Waals surface area contributed by atoms with Gasteiger partial charge in [0, 0.05) is 11.3 Å². The average Bonchev–Trinajstić information content (AvgIpc) is 2.43. The Kier molecular flexibility index (Phi) is 4.70. The van der Waals surface area contributed by atoms with Crippen LogP contribution in [0.4, 0.5) is 5.69 Å². The van der Waals surface area contributed by atoms with Gasteiger partial charge in [0.15, 0.2) is 0 Å². The Balaban J connectivity index is 2.04. The SMILES string of the molecule is Cc1ccc(C)c(NC(=O)Cc2ccc(C(N)=S)cc2)c1. The van der Waals surface area contributed by atoms with Gasteiger partial charge in [-0.1, -0.05) is 48.6 Å². The van der Waals surface area contributed by atoms with Gasteiger partial charge < -0.3 is 11.1 Å². The number of carbonyl (C=O) groups is 1. The molecule has 0 spiro atoms. The van der Waals surface area contributed by atoms with Crippen LogP contribution in [0.15, 0.2) is 42.5 Å². The number of amides is 1. The first kappa shape index (κ1) is 15.2. The second kappa shape index (κ2) is 6.50. The van der Waals surface area contributed by atoms with E-state index in [1.807, 2.05) is 56.3 Å². The molecule has 3 nitrogen and oxygen atoms in total. The highest BCUT2D eigenvalue weighted by atomic mass is 32.1. The van der Waals surface area contributed by atoms with E-state index in [1.54, 1.807) is 0 Å². The molecule has 0 aliphatic heterocycles. The Morgan fingerprint density at radius 3 is 2.43 bits per heavy atom. The van der Waals surface area contributed by atoms with Crippen LogP contribution in [0.1, 0.15) is 22.3 Å². The molecular formula is C17H18N2OS. The molecule has 0 saturated carbocycles. The van der Waals surface area contributed by atoms with Crippen LogP contribution >= 0.6 is 12.2 Å². The van der Waals surface area contributed by atoms with Crippen molar-refractivity contribution < 1.29 is 4.79 Å². The minimum Gasteiger partial charge on any atom is -0.389 e. The fourth-order valence-electron chi connectivity index (χ4n) is 2.04. The molecule has 4 heteroatoms. The normalized spacial score (nSPS) is 10.2. The van der Waals surface area contributed by atoms with Gasteiger partial charge in [0.1, 0.15) is 4.99 Å². The standard InChI is InChI=1S/C17H18N2OS/c1-11-3-4-12(2)15(9-11)19-16(20)10-13-5-7-14(8-6-13)17(18)21/h3-9H,10H2,1-2H3,(H2,18,21)(H,19,20). The maximum Gasteiger partial charge on any atom is 0.228 e. The van der Waals surface area contributed by atoms with E-state index in [2.05, 4.69) is 5.32 Å². The number of nitrogens with two attached hydrogens (primary N) is 1. The Bertz CT molecular complexity index is 678. The Labute approximate surface area is 130 Å². The summed E-state index contributed by atoms with van der Waals surface area (Å²) in [5.41, 5.74) is 10.3. The van der Waals surface area contributed by atoms with E-state index in [0.29, 0.717) is 11.4 Å². The summed E-state index contributed by atoms with van der Waals surface area (Å²) in [7, 11) is 0. The first-order chi connectivity index (χ1) is 9.95. The van der Waals surface area contributed by atoms with Crippen LogP contribution in [0.5, 0.6) is 0 Å². The summed E-state index contributed by atoms with van der Waals surface area (Å²) >= 11 is 4.90. The van der Waals surface area contributed by atoms with E-state index in [4.69, 9.17) is 18.0 Å². The number of hydrogen-bond donors (Lipinski definition) is 2. The van der Waals surface area contributed by atoms with Crippen molar-refractivity contribution >= 4 is 28.8 Å². The minimum absolute atomic E-state index is 0.0354. The third-order valence-electron chi connectivity index (χ3n) is 3.27. The molecule has 21 heavy (non-hydrogen) atoms. The number of benzene rings is 2. The zero-order chi connectivity index (χ0) is 15.4. The number of nitrogens with one attached hydrogen (secondary N) is 1. The highest BCUT2D eigenvalue weighted by Gasteiger charge is 2.07. The fraction of sp³-hybridized carbons (Fsp3) is 0.176. The number of aryl methyl sites for hydroxylation is 2. The van der Waals surface area contributed by atoms with Crippen LogP contribution in [0.25, 0.3) is 0 Å². The van der Waals surface area contributed by atoms with Crippen molar-refractivity contribution in [1.82, 2.24) is 0 Å². The number of hydrogen-bond acceptors (Lipinski definition) is 2. The molecule has 0 heterocycles. The van der Waals surface area contributed by atoms with Crippen molar-refractivity contribution in [3.8, 4) is 0 Å². The van der Waals surface area contributed by atoms with Gasteiger partial charge >= 0.3 is 0 Å². The van der Waals surface area contributed by atoms with Crippen LogP contribution in [-0.4, -0.2) is 10.9 Å². The van der Waals surface area contributed by atoms with Crippen LogP contribution in [0.2, 0.25) is 0 Å².